The lowest BCUT2D eigenvalue weighted by atomic mass is 10.0. The zero-order valence-corrected chi connectivity index (χ0v) is 28.7. The average Bonchev–Trinajstić information content (AvgIpc) is 3.03. The molecule has 2 atom stereocenters. The van der Waals surface area contributed by atoms with Crippen LogP contribution < -0.4 is 5.32 Å². The van der Waals surface area contributed by atoms with Gasteiger partial charge in [0.2, 0.25) is 12.2 Å². The lowest BCUT2D eigenvalue weighted by Crippen LogP contribution is -2.44. The fourth-order valence-corrected chi connectivity index (χ4v) is 4.53. The summed E-state index contributed by atoms with van der Waals surface area (Å²) in [7, 11) is 0. The van der Waals surface area contributed by atoms with Crippen molar-refractivity contribution < 1.29 is 34.1 Å². The van der Waals surface area contributed by atoms with Crippen molar-refractivity contribution in [3.8, 4) is 11.5 Å². The molecule has 8 nitrogen and oxygen atoms in total. The van der Waals surface area contributed by atoms with Crippen LogP contribution in [0.2, 0.25) is 0 Å². The summed E-state index contributed by atoms with van der Waals surface area (Å²) in [5, 5.41) is 22.2. The highest BCUT2D eigenvalue weighted by atomic mass is 16.7. The second kappa shape index (κ2) is 27.1. The predicted molar refractivity (Wildman–Crippen MR) is 189 cm³/mol. The number of esters is 2. The number of nitrogens with one attached hydrogen (secondary N) is 1. The molecule has 0 spiro atoms. The van der Waals surface area contributed by atoms with Crippen LogP contribution in [0.4, 0.5) is 0 Å². The van der Waals surface area contributed by atoms with E-state index in [0.717, 1.165) is 57.8 Å². The van der Waals surface area contributed by atoms with Gasteiger partial charge in [0.15, 0.2) is 11.5 Å². The van der Waals surface area contributed by atoms with E-state index < -0.39 is 24.3 Å². The van der Waals surface area contributed by atoms with Crippen LogP contribution >= 0.6 is 0 Å². The van der Waals surface area contributed by atoms with Crippen molar-refractivity contribution in [3.05, 3.63) is 84.5 Å². The molecule has 0 aromatic heterocycles. The first-order valence-corrected chi connectivity index (χ1v) is 17.2. The topological polar surface area (TPSA) is 122 Å². The van der Waals surface area contributed by atoms with Gasteiger partial charge in [0.1, 0.15) is 6.04 Å². The number of allylic oxidation sites excluding steroid dienone is 10. The molecule has 1 rings (SSSR count). The summed E-state index contributed by atoms with van der Waals surface area (Å²) in [5.74, 6) is -2.15. The molecule has 1 amide bonds. The van der Waals surface area contributed by atoms with Crippen molar-refractivity contribution in [2.24, 2.45) is 0 Å². The Balaban J connectivity index is 2.49. The van der Waals surface area contributed by atoms with E-state index in [1.165, 1.54) is 19.1 Å². The maximum atomic E-state index is 13.0. The van der Waals surface area contributed by atoms with E-state index in [1.807, 2.05) is 6.08 Å². The molecule has 260 valence electrons. The Morgan fingerprint density at radius 3 is 1.91 bits per heavy atom. The molecule has 1 unspecified atom stereocenters. The van der Waals surface area contributed by atoms with Gasteiger partial charge >= 0.3 is 11.9 Å². The minimum atomic E-state index is -1.12. The minimum absolute atomic E-state index is 0.0191. The van der Waals surface area contributed by atoms with E-state index in [2.05, 4.69) is 73.8 Å². The summed E-state index contributed by atoms with van der Waals surface area (Å²) < 4.78 is 10.6. The van der Waals surface area contributed by atoms with Crippen LogP contribution in [0.5, 0.6) is 11.5 Å². The molecular weight excluding hydrogens is 594 g/mol. The van der Waals surface area contributed by atoms with Gasteiger partial charge in [-0.05, 0) is 69.1 Å². The van der Waals surface area contributed by atoms with Gasteiger partial charge in [-0.1, -0.05) is 106 Å². The van der Waals surface area contributed by atoms with E-state index >= 15 is 0 Å². The Kier molecular flexibility index (Phi) is 23.6. The van der Waals surface area contributed by atoms with E-state index in [-0.39, 0.29) is 36.7 Å². The van der Waals surface area contributed by atoms with Crippen molar-refractivity contribution in [1.29, 1.82) is 0 Å². The summed E-state index contributed by atoms with van der Waals surface area (Å²) in [4.78, 5) is 37.9. The fourth-order valence-electron chi connectivity index (χ4n) is 4.53. The smallest absolute Gasteiger partial charge is 0.332 e. The third-order valence-electron chi connectivity index (χ3n) is 7.10. The Bertz CT molecular complexity index is 1180. The lowest BCUT2D eigenvalue weighted by Gasteiger charge is -2.21. The highest BCUT2D eigenvalue weighted by Crippen LogP contribution is 2.25. The van der Waals surface area contributed by atoms with Gasteiger partial charge in [-0.2, -0.15) is 0 Å². The van der Waals surface area contributed by atoms with Crippen LogP contribution in [-0.4, -0.2) is 40.4 Å². The molecule has 0 aliphatic carbocycles. The van der Waals surface area contributed by atoms with Gasteiger partial charge in [-0.3, -0.25) is 9.59 Å². The molecule has 0 fully saturated rings. The number of hydrogen-bond acceptors (Lipinski definition) is 7. The molecule has 0 aliphatic heterocycles. The van der Waals surface area contributed by atoms with Crippen molar-refractivity contribution >= 4 is 17.8 Å². The van der Waals surface area contributed by atoms with Gasteiger partial charge in [-0.25, -0.2) is 4.79 Å². The van der Waals surface area contributed by atoms with E-state index in [4.69, 9.17) is 9.47 Å². The maximum Gasteiger partial charge on any atom is 0.332 e. The average molecular weight is 652 g/mol. The monoisotopic (exact) mass is 651 g/mol. The first kappa shape index (κ1) is 41.0. The highest BCUT2D eigenvalue weighted by Gasteiger charge is 2.26. The number of hydrogen-bond donors (Lipinski definition) is 3. The minimum Gasteiger partial charge on any atom is -0.504 e. The highest BCUT2D eigenvalue weighted by molar-refractivity contribution is 5.84. The van der Waals surface area contributed by atoms with Gasteiger partial charge < -0.3 is 25.0 Å². The molecule has 8 heteroatoms. The molecule has 0 radical (unpaired) electrons. The first-order valence-electron chi connectivity index (χ1n) is 17.2. The van der Waals surface area contributed by atoms with Gasteiger partial charge in [-0.15, -0.1) is 0 Å². The number of phenols is 2. The fraction of sp³-hybridized carbons (Fsp3) is 0.513. The molecular formula is C39H57NO7. The van der Waals surface area contributed by atoms with E-state index in [1.54, 1.807) is 6.07 Å². The van der Waals surface area contributed by atoms with Crippen LogP contribution in [-0.2, 0) is 30.3 Å². The summed E-state index contributed by atoms with van der Waals surface area (Å²) >= 11 is 0. The largest absolute Gasteiger partial charge is 0.504 e. The number of carbonyl (C=O) groups is 3. The molecule has 3 N–H and O–H groups in total. The van der Waals surface area contributed by atoms with Crippen LogP contribution in [0, 0.1) is 0 Å². The number of aromatic hydroxyl groups is 2. The summed E-state index contributed by atoms with van der Waals surface area (Å²) in [6.07, 6.45) is 31.7. The van der Waals surface area contributed by atoms with Gasteiger partial charge in [0.25, 0.3) is 0 Å². The first-order chi connectivity index (χ1) is 22.8. The van der Waals surface area contributed by atoms with Crippen molar-refractivity contribution in [3.63, 3.8) is 0 Å². The standard InChI is InChI=1S/C39H57NO7/c1-4-6-8-10-11-12-13-14-15-16-17-18-19-20-21-23-24-26-37(43)40-34(30-33-28-29-35(41)36(42)31-33)39(45)47-32(3)46-38(44)27-25-22-9-7-5-2/h6,8,11-12,14-15,17-18,20-21,28-29,31-32,34,41-42H,4-5,7,9-10,13,16,19,22-27,30H2,1-3H3,(H,40,43)/b8-6-,12-11-,15-14-,18-17-,21-20-/t32?,34-/m0/s1. The maximum absolute atomic E-state index is 13.0. The predicted octanol–water partition coefficient (Wildman–Crippen LogP) is 8.84. The summed E-state index contributed by atoms with van der Waals surface area (Å²) in [5.41, 5.74) is 0.512. The summed E-state index contributed by atoms with van der Waals surface area (Å²) in [6.45, 7) is 5.72. The third kappa shape index (κ3) is 22.2. The normalized spacial score (nSPS) is 13.3. The number of amides is 1. The quantitative estimate of drug-likeness (QED) is 0.0317. The number of phenolic OH excluding ortho intramolecular Hbond substituents is 2. The number of carbonyl (C=O) groups excluding carboxylic acids is 3. The van der Waals surface area contributed by atoms with Crippen molar-refractivity contribution in [2.45, 2.75) is 129 Å². The van der Waals surface area contributed by atoms with Crippen LogP contribution in [0.25, 0.3) is 0 Å². The SMILES string of the molecule is CC/C=C\C/C=C\C/C=C\C/C=C\C/C=C\CCCC(=O)N[C@@H](Cc1ccc(O)c(O)c1)C(=O)OC(C)OC(=O)CCCCCCC. The number of ether oxygens (including phenoxy) is 2. The van der Waals surface area contributed by atoms with E-state index in [9.17, 15) is 24.6 Å². The lowest BCUT2D eigenvalue weighted by molar-refractivity contribution is -0.186. The van der Waals surface area contributed by atoms with Gasteiger partial charge in [0.05, 0.1) is 0 Å². The van der Waals surface area contributed by atoms with Crippen LogP contribution in [0.3, 0.4) is 0 Å². The Labute approximate surface area is 282 Å². The second-order valence-corrected chi connectivity index (χ2v) is 11.4. The molecule has 0 saturated carbocycles. The zero-order chi connectivity index (χ0) is 34.5. The van der Waals surface area contributed by atoms with E-state index in [0.29, 0.717) is 24.8 Å². The van der Waals surface area contributed by atoms with Crippen LogP contribution in [0.15, 0.2) is 79.0 Å². The molecule has 1 aromatic carbocycles. The molecule has 0 saturated heterocycles. The molecule has 1 aromatic rings. The van der Waals surface area contributed by atoms with Crippen molar-refractivity contribution in [2.75, 3.05) is 0 Å². The molecule has 0 bridgehead atoms. The Morgan fingerprint density at radius 2 is 1.32 bits per heavy atom. The van der Waals surface area contributed by atoms with Crippen molar-refractivity contribution in [1.82, 2.24) is 5.32 Å². The molecule has 0 heterocycles. The second-order valence-electron chi connectivity index (χ2n) is 11.4. The number of benzene rings is 1. The Morgan fingerprint density at radius 1 is 0.723 bits per heavy atom. The third-order valence-corrected chi connectivity index (χ3v) is 7.10. The summed E-state index contributed by atoms with van der Waals surface area (Å²) in [6, 6.07) is 3.11. The van der Waals surface area contributed by atoms with Crippen LogP contribution in [0.1, 0.15) is 116 Å². The molecule has 0 aliphatic rings. The molecule has 47 heavy (non-hydrogen) atoms. The Hall–Kier alpha value is -4.07. The zero-order valence-electron chi connectivity index (χ0n) is 28.7. The van der Waals surface area contributed by atoms with Gasteiger partial charge in [0, 0.05) is 26.2 Å². The number of rotatable bonds is 25. The number of unbranched alkanes of at least 4 members (excludes halogenated alkanes) is 5.